The molecule has 1 aliphatic heterocycles. The van der Waals surface area contributed by atoms with Gasteiger partial charge in [0.1, 0.15) is 0 Å². The van der Waals surface area contributed by atoms with E-state index in [0.29, 0.717) is 17.8 Å². The topological polar surface area (TPSA) is 82.8 Å². The summed E-state index contributed by atoms with van der Waals surface area (Å²) >= 11 is 3.14. The molecule has 2 amide bonds. The number of aliphatic hydroxyl groups is 1. The molecule has 0 unspecified atom stereocenters. The van der Waals surface area contributed by atoms with E-state index in [1.807, 2.05) is 0 Å². The highest BCUT2D eigenvalue weighted by molar-refractivity contribution is 9.10. The maximum atomic E-state index is 12.2. The fraction of sp³-hybridized carbons (Fsp3) is 0.500. The first kappa shape index (κ1) is 14.1. The zero-order valence-corrected chi connectivity index (χ0v) is 12.0. The second kappa shape index (κ2) is 5.75. The molecule has 2 heterocycles. The van der Waals surface area contributed by atoms with Gasteiger partial charge in [-0.15, -0.1) is 0 Å². The van der Waals surface area contributed by atoms with Crippen molar-refractivity contribution in [2.45, 2.75) is 13.0 Å². The molecule has 104 valence electrons. The quantitative estimate of drug-likeness (QED) is 0.850. The fourth-order valence-corrected chi connectivity index (χ4v) is 2.54. The van der Waals surface area contributed by atoms with E-state index in [1.165, 1.54) is 6.92 Å². The van der Waals surface area contributed by atoms with Gasteiger partial charge < -0.3 is 19.7 Å². The highest BCUT2D eigenvalue weighted by Crippen LogP contribution is 2.21. The normalized spacial score (nSPS) is 22.6. The number of nitrogens with one attached hydrogen (secondary N) is 1. The lowest BCUT2D eigenvalue weighted by atomic mass is 10.1. The molecule has 1 aliphatic rings. The van der Waals surface area contributed by atoms with Crippen molar-refractivity contribution in [2.75, 3.05) is 19.7 Å². The van der Waals surface area contributed by atoms with Crippen LogP contribution in [0.5, 0.6) is 0 Å². The first-order chi connectivity index (χ1) is 9.01. The number of amides is 2. The second-order valence-corrected chi connectivity index (χ2v) is 5.35. The summed E-state index contributed by atoms with van der Waals surface area (Å²) in [5.41, 5.74) is 0. The lowest BCUT2D eigenvalue weighted by Gasteiger charge is -2.16. The van der Waals surface area contributed by atoms with E-state index < -0.39 is 0 Å². The molecular formula is C12H15BrN2O4. The van der Waals surface area contributed by atoms with Crippen LogP contribution in [0.1, 0.15) is 17.5 Å². The van der Waals surface area contributed by atoms with Crippen molar-refractivity contribution in [3.63, 3.8) is 0 Å². The van der Waals surface area contributed by atoms with Crippen LogP contribution < -0.4 is 5.32 Å². The lowest BCUT2D eigenvalue weighted by Crippen LogP contribution is -2.40. The highest BCUT2D eigenvalue weighted by Gasteiger charge is 2.36. The average Bonchev–Trinajstić information content (AvgIpc) is 2.94. The first-order valence-corrected chi connectivity index (χ1v) is 6.73. The predicted octanol–water partition coefficient (Wildman–Crippen LogP) is 0.611. The molecule has 1 saturated heterocycles. The van der Waals surface area contributed by atoms with Gasteiger partial charge in [0.15, 0.2) is 10.4 Å². The monoisotopic (exact) mass is 330 g/mol. The number of hydrogen-bond donors (Lipinski definition) is 2. The van der Waals surface area contributed by atoms with Crippen LogP contribution >= 0.6 is 15.9 Å². The largest absolute Gasteiger partial charge is 0.444 e. The van der Waals surface area contributed by atoms with Crippen molar-refractivity contribution < 1.29 is 19.1 Å². The van der Waals surface area contributed by atoms with E-state index in [0.717, 1.165) is 0 Å². The van der Waals surface area contributed by atoms with Gasteiger partial charge >= 0.3 is 0 Å². The Bertz CT molecular complexity index is 488. The van der Waals surface area contributed by atoms with Crippen LogP contribution in [0, 0.1) is 5.92 Å². The first-order valence-electron chi connectivity index (χ1n) is 5.94. The van der Waals surface area contributed by atoms with Gasteiger partial charge in [-0.25, -0.2) is 0 Å². The average molecular weight is 331 g/mol. The van der Waals surface area contributed by atoms with Crippen LogP contribution in [0.3, 0.4) is 0 Å². The minimum atomic E-state index is -0.239. The summed E-state index contributed by atoms with van der Waals surface area (Å²) in [6.07, 6.45) is 0. The van der Waals surface area contributed by atoms with Crippen LogP contribution in [0.25, 0.3) is 0 Å². The summed E-state index contributed by atoms with van der Waals surface area (Å²) in [7, 11) is 0. The summed E-state index contributed by atoms with van der Waals surface area (Å²) in [5.74, 6) is -0.311. The minimum Gasteiger partial charge on any atom is -0.444 e. The van der Waals surface area contributed by atoms with Gasteiger partial charge in [0, 0.05) is 32.5 Å². The molecule has 2 atom stereocenters. The Morgan fingerprint density at radius 1 is 1.53 bits per heavy atom. The van der Waals surface area contributed by atoms with Crippen molar-refractivity contribution in [1.82, 2.24) is 10.2 Å². The molecule has 2 rings (SSSR count). The molecule has 7 heteroatoms. The van der Waals surface area contributed by atoms with Gasteiger partial charge in [-0.2, -0.15) is 0 Å². The van der Waals surface area contributed by atoms with Gasteiger partial charge in [-0.05, 0) is 28.1 Å². The molecule has 0 bridgehead atoms. The minimum absolute atomic E-state index is 0.0728. The third-order valence-corrected chi connectivity index (χ3v) is 3.56. The van der Waals surface area contributed by atoms with E-state index in [2.05, 4.69) is 21.2 Å². The molecule has 1 aromatic rings. The van der Waals surface area contributed by atoms with E-state index in [9.17, 15) is 14.7 Å². The van der Waals surface area contributed by atoms with Crippen molar-refractivity contribution >= 4 is 27.7 Å². The number of carbonyl (C=O) groups is 2. The number of furan rings is 1. The highest BCUT2D eigenvalue weighted by atomic mass is 79.9. The van der Waals surface area contributed by atoms with Crippen molar-refractivity contribution in [2.24, 2.45) is 5.92 Å². The molecule has 0 saturated carbocycles. The van der Waals surface area contributed by atoms with Gasteiger partial charge in [0.2, 0.25) is 5.91 Å². The number of aliphatic hydroxyl groups excluding tert-OH is 1. The number of halogens is 1. The Hall–Kier alpha value is -1.34. The molecule has 1 fully saturated rings. The van der Waals surface area contributed by atoms with Crippen LogP contribution in [0.4, 0.5) is 0 Å². The molecular weight excluding hydrogens is 316 g/mol. The third kappa shape index (κ3) is 3.16. The zero-order valence-electron chi connectivity index (χ0n) is 10.4. The van der Waals surface area contributed by atoms with Crippen molar-refractivity contribution in [3.05, 3.63) is 22.6 Å². The van der Waals surface area contributed by atoms with Crippen molar-refractivity contribution in [3.8, 4) is 0 Å². The molecule has 1 aromatic heterocycles. The molecule has 2 N–H and O–H groups in total. The Kier molecular flexibility index (Phi) is 4.26. The molecule has 0 aliphatic carbocycles. The van der Waals surface area contributed by atoms with E-state index in [-0.39, 0.29) is 36.1 Å². The number of likely N-dealkylation sites (tertiary alicyclic amines) is 1. The number of carbonyl (C=O) groups excluding carboxylic acids is 2. The van der Waals surface area contributed by atoms with Gasteiger partial charge in [0.25, 0.3) is 5.91 Å². The third-order valence-electron chi connectivity index (χ3n) is 3.14. The Labute approximate surface area is 118 Å². The predicted molar refractivity (Wildman–Crippen MR) is 70.5 cm³/mol. The maximum absolute atomic E-state index is 12.2. The van der Waals surface area contributed by atoms with Gasteiger partial charge in [-0.3, -0.25) is 9.59 Å². The lowest BCUT2D eigenvalue weighted by molar-refractivity contribution is -0.119. The zero-order chi connectivity index (χ0) is 14.0. The Morgan fingerprint density at radius 2 is 2.26 bits per heavy atom. The number of hydrogen-bond acceptors (Lipinski definition) is 4. The second-order valence-electron chi connectivity index (χ2n) is 4.56. The van der Waals surface area contributed by atoms with Gasteiger partial charge in [-0.1, -0.05) is 0 Å². The molecule has 6 nitrogen and oxygen atoms in total. The standard InChI is InChI=1S/C12H15BrN2O4/c1-7(17)14-9-5-15(4-8(9)6-16)12(18)10-2-3-11(13)19-10/h2-3,8-9,16H,4-6H2,1H3,(H,14,17)/t8-,9+/m0/s1. The van der Waals surface area contributed by atoms with Crippen LogP contribution in [-0.4, -0.2) is 47.6 Å². The smallest absolute Gasteiger partial charge is 0.289 e. The molecule has 0 spiro atoms. The summed E-state index contributed by atoms with van der Waals surface area (Å²) in [6, 6.07) is 3.02. The van der Waals surface area contributed by atoms with Crippen LogP contribution in [0.15, 0.2) is 21.2 Å². The Balaban J connectivity index is 2.06. The summed E-state index contributed by atoms with van der Waals surface area (Å²) in [4.78, 5) is 24.8. The summed E-state index contributed by atoms with van der Waals surface area (Å²) in [6.45, 7) is 2.12. The maximum Gasteiger partial charge on any atom is 0.289 e. The summed E-state index contributed by atoms with van der Waals surface area (Å²) < 4.78 is 5.71. The molecule has 19 heavy (non-hydrogen) atoms. The SMILES string of the molecule is CC(=O)N[C@@H]1CN(C(=O)c2ccc(Br)o2)C[C@H]1CO. The van der Waals surface area contributed by atoms with Crippen LogP contribution in [0.2, 0.25) is 0 Å². The summed E-state index contributed by atoms with van der Waals surface area (Å²) in [5, 5.41) is 12.1. The van der Waals surface area contributed by atoms with Gasteiger partial charge in [0.05, 0.1) is 6.04 Å². The fourth-order valence-electron chi connectivity index (χ4n) is 2.23. The number of rotatable bonds is 3. The van der Waals surface area contributed by atoms with E-state index in [1.54, 1.807) is 17.0 Å². The Morgan fingerprint density at radius 3 is 2.79 bits per heavy atom. The van der Waals surface area contributed by atoms with E-state index >= 15 is 0 Å². The van der Waals surface area contributed by atoms with E-state index in [4.69, 9.17) is 4.42 Å². The molecule has 0 radical (unpaired) electrons. The van der Waals surface area contributed by atoms with Crippen molar-refractivity contribution in [1.29, 1.82) is 0 Å². The number of nitrogens with zero attached hydrogens (tertiary/aromatic N) is 1. The van der Waals surface area contributed by atoms with Crippen LogP contribution in [-0.2, 0) is 4.79 Å². The molecule has 0 aromatic carbocycles.